The van der Waals surface area contributed by atoms with Crippen LogP contribution in [0.1, 0.15) is 33.4 Å². The Labute approximate surface area is 313 Å². The minimum Gasteiger partial charge on any atom is -0.399 e. The molecule has 318 valence electrons. The number of nitrogen functional groups attached to an aromatic ring is 2. The molecule has 4 aromatic rings. The highest BCUT2D eigenvalue weighted by Gasteiger charge is 2.97. The Morgan fingerprint density at radius 3 is 0.741 bits per heavy atom. The Hall–Kier alpha value is -4.92. The molecule has 0 bridgehead atoms. The average molecular weight is 865 g/mol. The summed E-state index contributed by atoms with van der Waals surface area (Å²) in [4.78, 5) is 0. The number of halogens is 20. The zero-order valence-corrected chi connectivity index (χ0v) is 28.4. The predicted octanol–water partition coefficient (Wildman–Crippen LogP) is 11.9. The lowest BCUT2D eigenvalue weighted by molar-refractivity contribution is -0.466. The van der Waals surface area contributed by atoms with Gasteiger partial charge in [-0.05, 0) is 70.5 Å². The molecule has 0 fully saturated rings. The van der Waals surface area contributed by atoms with Crippen LogP contribution in [0.3, 0.4) is 0 Å². The van der Waals surface area contributed by atoms with Gasteiger partial charge in [0.2, 0.25) is 0 Å². The number of benzene rings is 4. The summed E-state index contributed by atoms with van der Waals surface area (Å²) >= 11 is 0. The van der Waals surface area contributed by atoms with Gasteiger partial charge in [0, 0.05) is 11.4 Å². The molecule has 0 aliphatic carbocycles. The molecule has 0 aliphatic heterocycles. The quantitative estimate of drug-likeness (QED) is 0.104. The smallest absolute Gasteiger partial charge is 0.399 e. The summed E-state index contributed by atoms with van der Waals surface area (Å²) in [6, 6.07) is 13.1. The van der Waals surface area contributed by atoms with Gasteiger partial charge in [-0.1, -0.05) is 72.8 Å². The van der Waals surface area contributed by atoms with Crippen LogP contribution in [-0.4, -0.2) is 53.8 Å². The molecular formula is C36H24F20N2. The van der Waals surface area contributed by atoms with Crippen molar-refractivity contribution in [3.63, 3.8) is 0 Å². The molecule has 0 spiro atoms. The van der Waals surface area contributed by atoms with Crippen molar-refractivity contribution >= 4 is 11.4 Å². The van der Waals surface area contributed by atoms with Gasteiger partial charge in [0.25, 0.3) is 0 Å². The van der Waals surface area contributed by atoms with Crippen molar-refractivity contribution < 1.29 is 87.8 Å². The third kappa shape index (κ3) is 6.92. The Morgan fingerprint density at radius 1 is 0.276 bits per heavy atom. The van der Waals surface area contributed by atoms with Crippen LogP contribution < -0.4 is 11.5 Å². The minimum atomic E-state index is -9.09. The number of rotatable bonds is 13. The van der Waals surface area contributed by atoms with Crippen molar-refractivity contribution in [1.82, 2.24) is 0 Å². The van der Waals surface area contributed by atoms with E-state index < -0.39 is 70.4 Å². The van der Waals surface area contributed by atoms with Crippen LogP contribution in [0.25, 0.3) is 0 Å². The fourth-order valence-electron chi connectivity index (χ4n) is 5.92. The van der Waals surface area contributed by atoms with E-state index in [0.717, 1.165) is 0 Å². The lowest BCUT2D eigenvalue weighted by atomic mass is 9.65. The lowest BCUT2D eigenvalue weighted by Crippen LogP contribution is -2.77. The molecule has 0 amide bonds. The van der Waals surface area contributed by atoms with E-state index >= 15 is 39.5 Å². The molecule has 4 aromatic carbocycles. The maximum Gasteiger partial charge on any atom is 0.460 e. The average Bonchev–Trinajstić information content (AvgIpc) is 3.10. The highest BCUT2D eigenvalue weighted by atomic mass is 19.4. The van der Waals surface area contributed by atoms with E-state index in [1.807, 2.05) is 0 Å². The van der Waals surface area contributed by atoms with Crippen LogP contribution in [0.15, 0.2) is 97.1 Å². The second kappa shape index (κ2) is 14.4. The van der Waals surface area contributed by atoms with E-state index in [-0.39, 0.29) is 59.6 Å². The van der Waals surface area contributed by atoms with Crippen LogP contribution >= 0.6 is 0 Å². The second-order valence-electron chi connectivity index (χ2n) is 13.0. The Balaban J connectivity index is 1.99. The first kappa shape index (κ1) is 45.8. The van der Waals surface area contributed by atoms with E-state index in [1.165, 1.54) is 48.5 Å². The molecule has 0 saturated carbocycles. The van der Waals surface area contributed by atoms with Gasteiger partial charge in [-0.2, -0.15) is 87.8 Å². The maximum atomic E-state index is 16.4. The summed E-state index contributed by atoms with van der Waals surface area (Å²) in [7, 11) is 0. The van der Waals surface area contributed by atoms with Gasteiger partial charge in [-0.15, -0.1) is 0 Å². The fourth-order valence-corrected chi connectivity index (χ4v) is 5.92. The zero-order valence-electron chi connectivity index (χ0n) is 28.4. The predicted molar refractivity (Wildman–Crippen MR) is 168 cm³/mol. The topological polar surface area (TPSA) is 52.0 Å². The summed E-state index contributed by atoms with van der Waals surface area (Å²) in [5, 5.41) is 0. The van der Waals surface area contributed by atoms with Gasteiger partial charge >= 0.3 is 53.8 Å². The number of hydrogen-bond donors (Lipinski definition) is 2. The van der Waals surface area contributed by atoms with Gasteiger partial charge in [0.05, 0.1) is 0 Å². The van der Waals surface area contributed by atoms with Crippen molar-refractivity contribution in [2.45, 2.75) is 72.1 Å². The molecule has 0 aliphatic rings. The standard InChI is InChI=1S/C36H24F20N2/c37-28(38,29(39,40)30(41,42)31(43,44)32(45,46)33(47,48)34(49,50)36(54,55)56)27(35(51,52)53,23-9-1-19(2-10-23)17-21-5-13-25(57)14-6-21)24-11-3-20(4-12-24)18-22-7-15-26(58)16-8-22/h1-16H,17-18,57-58H2. The van der Waals surface area contributed by atoms with Crippen molar-refractivity contribution in [1.29, 1.82) is 0 Å². The first-order valence-electron chi connectivity index (χ1n) is 15.8. The number of anilines is 2. The molecule has 0 radical (unpaired) electrons. The Morgan fingerprint density at radius 2 is 0.500 bits per heavy atom. The summed E-state index contributed by atoms with van der Waals surface area (Å²) < 4.78 is 291. The first-order chi connectivity index (χ1) is 26.1. The molecule has 0 atom stereocenters. The van der Waals surface area contributed by atoms with Crippen LogP contribution in [0.2, 0.25) is 0 Å². The monoisotopic (exact) mass is 864 g/mol. The third-order valence-corrected chi connectivity index (χ3v) is 9.17. The number of nitrogens with two attached hydrogens (primary N) is 2. The van der Waals surface area contributed by atoms with E-state index in [2.05, 4.69) is 0 Å². The first-order valence-corrected chi connectivity index (χ1v) is 15.8. The largest absolute Gasteiger partial charge is 0.460 e. The molecule has 58 heavy (non-hydrogen) atoms. The van der Waals surface area contributed by atoms with E-state index in [4.69, 9.17) is 11.5 Å². The fraction of sp³-hybridized carbons (Fsp3) is 0.333. The number of alkyl halides is 20. The zero-order chi connectivity index (χ0) is 44.3. The molecule has 0 aromatic heterocycles. The third-order valence-electron chi connectivity index (χ3n) is 9.17. The minimum absolute atomic E-state index is 0.00464. The van der Waals surface area contributed by atoms with Crippen LogP contribution in [-0.2, 0) is 18.3 Å². The molecular weight excluding hydrogens is 840 g/mol. The van der Waals surface area contributed by atoms with Gasteiger partial charge in [-0.25, -0.2) is 0 Å². The van der Waals surface area contributed by atoms with Crippen molar-refractivity contribution in [3.8, 4) is 0 Å². The summed E-state index contributed by atoms with van der Waals surface area (Å²) in [6.07, 6.45) is -15.6. The maximum absolute atomic E-state index is 16.4. The van der Waals surface area contributed by atoms with Crippen molar-refractivity contribution in [3.05, 3.63) is 130 Å². The van der Waals surface area contributed by atoms with Gasteiger partial charge in [-0.3, -0.25) is 0 Å². The van der Waals surface area contributed by atoms with E-state index in [1.54, 1.807) is 0 Å². The van der Waals surface area contributed by atoms with Crippen LogP contribution in [0.5, 0.6) is 0 Å². The highest BCUT2D eigenvalue weighted by Crippen LogP contribution is 2.68. The molecule has 0 saturated heterocycles. The van der Waals surface area contributed by atoms with E-state index in [9.17, 15) is 48.3 Å². The molecule has 0 heterocycles. The molecule has 2 nitrogen and oxygen atoms in total. The summed E-state index contributed by atoms with van der Waals surface area (Å²) in [5.41, 5.74) is 1.64. The molecule has 4 rings (SSSR count). The van der Waals surface area contributed by atoms with E-state index in [0.29, 0.717) is 35.4 Å². The SMILES string of the molecule is Nc1ccc(Cc2ccc(C(c3ccc(Cc4ccc(N)cc4)cc3)(C(F)(F)F)C(F)(F)C(F)(F)C(F)(F)C(F)(F)C(F)(F)C(F)(F)C(F)(F)C(F)(F)F)cc2)cc1. The highest BCUT2D eigenvalue weighted by molar-refractivity contribution is 5.49. The van der Waals surface area contributed by atoms with Gasteiger partial charge in [0.15, 0.2) is 5.41 Å². The molecule has 0 unspecified atom stereocenters. The van der Waals surface area contributed by atoms with Crippen molar-refractivity contribution in [2.24, 2.45) is 0 Å². The second-order valence-corrected chi connectivity index (χ2v) is 13.0. The van der Waals surface area contributed by atoms with Gasteiger partial charge in [0.1, 0.15) is 0 Å². The van der Waals surface area contributed by atoms with Crippen molar-refractivity contribution in [2.75, 3.05) is 11.5 Å². The lowest BCUT2D eigenvalue weighted by Gasteiger charge is -2.48. The Kier molecular flexibility index (Phi) is 11.4. The summed E-state index contributed by atoms with van der Waals surface area (Å²) in [6.45, 7) is 0. The van der Waals surface area contributed by atoms with Gasteiger partial charge < -0.3 is 11.5 Å². The summed E-state index contributed by atoms with van der Waals surface area (Å²) in [5.74, 6) is -61.0. The van der Waals surface area contributed by atoms with Crippen LogP contribution in [0, 0.1) is 0 Å². The molecule has 22 heteroatoms. The Bertz CT molecular complexity index is 1940. The normalized spacial score (nSPS) is 14.5. The molecule has 4 N–H and O–H groups in total. The number of hydrogen-bond acceptors (Lipinski definition) is 2. The van der Waals surface area contributed by atoms with Crippen LogP contribution in [0.4, 0.5) is 99.2 Å².